The van der Waals surface area contributed by atoms with Gasteiger partial charge in [-0.05, 0) is 60.2 Å². The van der Waals surface area contributed by atoms with E-state index in [4.69, 9.17) is 5.11 Å². The van der Waals surface area contributed by atoms with Crippen LogP contribution in [0, 0.1) is 0 Å². The molecule has 0 fully saturated rings. The molecule has 3 rings (SSSR count). The molecule has 2 aromatic rings. The molecule has 5 heteroatoms. The van der Waals surface area contributed by atoms with Crippen LogP contribution in [0.5, 0.6) is 0 Å². The average molecular weight is 328 g/mol. The fraction of sp³-hybridized carbons (Fsp3) is 0.222. The summed E-state index contributed by atoms with van der Waals surface area (Å²) in [7, 11) is 0. The fourth-order valence-electron chi connectivity index (χ4n) is 2.82. The average Bonchev–Trinajstić information content (AvgIpc) is 3.00. The number of benzene rings is 2. The molecule has 0 amide bonds. The molecule has 2 N–H and O–H groups in total. The van der Waals surface area contributed by atoms with Gasteiger partial charge in [0.1, 0.15) is 5.25 Å². The zero-order valence-electron chi connectivity index (χ0n) is 12.4. The second-order valence-electron chi connectivity index (χ2n) is 5.55. The summed E-state index contributed by atoms with van der Waals surface area (Å²) in [5, 5.41) is 17.7. The van der Waals surface area contributed by atoms with Gasteiger partial charge >= 0.3 is 11.9 Å². The second-order valence-corrected chi connectivity index (χ2v) is 6.73. The highest BCUT2D eigenvalue weighted by atomic mass is 32.2. The maximum Gasteiger partial charge on any atom is 0.335 e. The Hall–Kier alpha value is -2.27. The van der Waals surface area contributed by atoms with E-state index in [-0.39, 0.29) is 5.56 Å². The molecule has 118 valence electrons. The summed E-state index contributed by atoms with van der Waals surface area (Å²) in [6, 6.07) is 12.2. The van der Waals surface area contributed by atoms with Crippen molar-refractivity contribution in [3.8, 4) is 0 Å². The molecule has 1 unspecified atom stereocenters. The zero-order valence-corrected chi connectivity index (χ0v) is 13.2. The second kappa shape index (κ2) is 6.46. The molecule has 1 aliphatic rings. The van der Waals surface area contributed by atoms with Crippen LogP contribution >= 0.6 is 11.8 Å². The minimum absolute atomic E-state index is 0.153. The van der Waals surface area contributed by atoms with Crippen molar-refractivity contribution in [2.75, 3.05) is 0 Å². The molecule has 0 spiro atoms. The van der Waals surface area contributed by atoms with E-state index in [0.717, 1.165) is 24.2 Å². The first kappa shape index (κ1) is 15.6. The minimum atomic E-state index is -1.02. The van der Waals surface area contributed by atoms with Crippen molar-refractivity contribution in [1.29, 1.82) is 0 Å². The molecule has 23 heavy (non-hydrogen) atoms. The first-order chi connectivity index (χ1) is 11.0. The minimum Gasteiger partial charge on any atom is -0.480 e. The highest BCUT2D eigenvalue weighted by molar-refractivity contribution is 8.00. The zero-order chi connectivity index (χ0) is 16.4. The van der Waals surface area contributed by atoms with Gasteiger partial charge in [0.2, 0.25) is 0 Å². The molecule has 1 aliphatic carbocycles. The quantitative estimate of drug-likeness (QED) is 0.817. The molecule has 0 bridgehead atoms. The number of thioether (sulfide) groups is 1. The maximum atomic E-state index is 11.6. The van der Waals surface area contributed by atoms with Gasteiger partial charge in [0, 0.05) is 4.90 Å². The number of carboxylic acids is 2. The van der Waals surface area contributed by atoms with Crippen LogP contribution in [0.4, 0.5) is 0 Å². The van der Waals surface area contributed by atoms with E-state index in [1.165, 1.54) is 35.0 Å². The van der Waals surface area contributed by atoms with Crippen LogP contribution in [0.15, 0.2) is 47.4 Å². The summed E-state index contributed by atoms with van der Waals surface area (Å²) in [4.78, 5) is 23.4. The van der Waals surface area contributed by atoms with E-state index in [9.17, 15) is 14.7 Å². The van der Waals surface area contributed by atoms with Crippen molar-refractivity contribution in [3.05, 3.63) is 64.7 Å². The van der Waals surface area contributed by atoms with Crippen LogP contribution in [0.25, 0.3) is 0 Å². The Morgan fingerprint density at radius 1 is 0.957 bits per heavy atom. The largest absolute Gasteiger partial charge is 0.480 e. The van der Waals surface area contributed by atoms with Crippen LogP contribution < -0.4 is 0 Å². The highest BCUT2D eigenvalue weighted by Gasteiger charge is 2.22. The van der Waals surface area contributed by atoms with Crippen LogP contribution in [0.3, 0.4) is 0 Å². The third-order valence-electron chi connectivity index (χ3n) is 4.01. The smallest absolute Gasteiger partial charge is 0.335 e. The number of hydrogen-bond donors (Lipinski definition) is 2. The number of aromatic carboxylic acids is 1. The molecule has 4 nitrogen and oxygen atoms in total. The molecule has 0 aromatic heterocycles. The van der Waals surface area contributed by atoms with Crippen LogP contribution in [-0.2, 0) is 17.6 Å². The highest BCUT2D eigenvalue weighted by Crippen LogP contribution is 2.37. The van der Waals surface area contributed by atoms with E-state index in [1.807, 2.05) is 6.07 Å². The van der Waals surface area contributed by atoms with Gasteiger partial charge in [-0.25, -0.2) is 4.79 Å². The lowest BCUT2D eigenvalue weighted by atomic mass is 10.1. The van der Waals surface area contributed by atoms with Crippen LogP contribution in [0.1, 0.15) is 38.7 Å². The number of rotatable bonds is 5. The van der Waals surface area contributed by atoms with E-state index < -0.39 is 17.2 Å². The van der Waals surface area contributed by atoms with Gasteiger partial charge < -0.3 is 10.2 Å². The summed E-state index contributed by atoms with van der Waals surface area (Å²) in [5.41, 5.74) is 3.40. The number of carbonyl (C=O) groups is 2. The Morgan fingerprint density at radius 2 is 1.65 bits per heavy atom. The first-order valence-corrected chi connectivity index (χ1v) is 8.27. The SMILES string of the molecule is O=C(O)c1ccc(C(Sc2ccc3c(c2)CCC3)C(=O)O)cc1. The topological polar surface area (TPSA) is 74.6 Å². The van der Waals surface area contributed by atoms with Gasteiger partial charge in [-0.15, -0.1) is 11.8 Å². The monoisotopic (exact) mass is 328 g/mol. The van der Waals surface area contributed by atoms with Gasteiger partial charge in [0.25, 0.3) is 0 Å². The Morgan fingerprint density at radius 3 is 2.30 bits per heavy atom. The van der Waals surface area contributed by atoms with Crippen molar-refractivity contribution in [1.82, 2.24) is 0 Å². The van der Waals surface area contributed by atoms with Crippen LogP contribution in [-0.4, -0.2) is 22.2 Å². The van der Waals surface area contributed by atoms with Gasteiger partial charge in [0.15, 0.2) is 0 Å². The number of fused-ring (bicyclic) bond motifs is 1. The summed E-state index contributed by atoms with van der Waals surface area (Å²) >= 11 is 1.28. The molecule has 0 aliphatic heterocycles. The number of hydrogen-bond acceptors (Lipinski definition) is 3. The summed E-state index contributed by atoms with van der Waals surface area (Å²) in [5.74, 6) is -1.95. The third-order valence-corrected chi connectivity index (χ3v) is 5.24. The lowest BCUT2D eigenvalue weighted by molar-refractivity contribution is -0.136. The molecule has 0 radical (unpaired) electrons. The molecular weight excluding hydrogens is 312 g/mol. The predicted molar refractivity (Wildman–Crippen MR) is 88.1 cm³/mol. The lowest BCUT2D eigenvalue weighted by Gasteiger charge is -2.13. The Bertz CT molecular complexity index is 752. The third kappa shape index (κ3) is 3.40. The summed E-state index contributed by atoms with van der Waals surface area (Å²) < 4.78 is 0. The molecular formula is C18H16O4S. The van der Waals surface area contributed by atoms with E-state index >= 15 is 0 Å². The van der Waals surface area contributed by atoms with Crippen molar-refractivity contribution in [2.45, 2.75) is 29.4 Å². The normalized spacial score (nSPS) is 14.3. The summed E-state index contributed by atoms with van der Waals surface area (Å²) in [6.07, 6.45) is 3.30. The predicted octanol–water partition coefficient (Wildman–Crippen LogP) is 3.79. The Kier molecular flexibility index (Phi) is 4.39. The molecule has 0 saturated carbocycles. The Balaban J connectivity index is 1.84. The van der Waals surface area contributed by atoms with Crippen molar-refractivity contribution >= 4 is 23.7 Å². The molecule has 1 atom stereocenters. The molecule has 0 saturated heterocycles. The Labute approximate surface area is 138 Å². The van der Waals surface area contributed by atoms with E-state index in [1.54, 1.807) is 12.1 Å². The number of aliphatic carboxylic acids is 1. The number of carboxylic acid groups (broad SMARTS) is 2. The van der Waals surface area contributed by atoms with Gasteiger partial charge in [-0.3, -0.25) is 4.79 Å². The fourth-order valence-corrected chi connectivity index (χ4v) is 3.84. The van der Waals surface area contributed by atoms with E-state index in [0.29, 0.717) is 5.56 Å². The van der Waals surface area contributed by atoms with Crippen molar-refractivity contribution < 1.29 is 19.8 Å². The standard InChI is InChI=1S/C18H16O4S/c19-17(20)13-6-4-12(5-7-13)16(18(21)22)23-15-9-8-11-2-1-3-14(11)10-15/h4-10,16H,1-3H2,(H,19,20)(H,21,22). The first-order valence-electron chi connectivity index (χ1n) is 7.39. The van der Waals surface area contributed by atoms with Crippen LogP contribution in [0.2, 0.25) is 0 Å². The molecule has 2 aromatic carbocycles. The van der Waals surface area contributed by atoms with Crippen molar-refractivity contribution in [3.63, 3.8) is 0 Å². The van der Waals surface area contributed by atoms with Gasteiger partial charge in [0.05, 0.1) is 5.56 Å². The molecule has 0 heterocycles. The lowest BCUT2D eigenvalue weighted by Crippen LogP contribution is -2.08. The maximum absolute atomic E-state index is 11.6. The number of aryl methyl sites for hydroxylation is 2. The summed E-state index contributed by atoms with van der Waals surface area (Å²) in [6.45, 7) is 0. The van der Waals surface area contributed by atoms with E-state index in [2.05, 4.69) is 12.1 Å². The van der Waals surface area contributed by atoms with Crippen molar-refractivity contribution in [2.24, 2.45) is 0 Å². The van der Waals surface area contributed by atoms with Gasteiger partial charge in [-0.1, -0.05) is 18.2 Å². The van der Waals surface area contributed by atoms with Gasteiger partial charge in [-0.2, -0.15) is 0 Å².